The van der Waals surface area contributed by atoms with Crippen molar-refractivity contribution in [3.8, 4) is 22.5 Å². The van der Waals surface area contributed by atoms with Crippen LogP contribution < -0.4 is 5.73 Å². The highest BCUT2D eigenvalue weighted by atomic mass is 16.5. The lowest BCUT2D eigenvalue weighted by molar-refractivity contribution is 0.432. The molecule has 0 aliphatic heterocycles. The van der Waals surface area contributed by atoms with Gasteiger partial charge in [-0.15, -0.1) is 0 Å². The van der Waals surface area contributed by atoms with Crippen molar-refractivity contribution in [1.29, 1.82) is 0 Å². The molecule has 3 nitrogen and oxygen atoms in total. The lowest BCUT2D eigenvalue weighted by Gasteiger charge is -2.02. The third-order valence-electron chi connectivity index (χ3n) is 2.85. The second-order valence-corrected chi connectivity index (χ2v) is 4.05. The van der Waals surface area contributed by atoms with Crippen LogP contribution in [0.25, 0.3) is 22.5 Å². The molecule has 2 aromatic carbocycles. The van der Waals surface area contributed by atoms with E-state index in [0.717, 1.165) is 11.1 Å². The van der Waals surface area contributed by atoms with Gasteiger partial charge >= 0.3 is 0 Å². The third kappa shape index (κ3) is 1.86. The van der Waals surface area contributed by atoms with Gasteiger partial charge in [0.05, 0.1) is 6.20 Å². The van der Waals surface area contributed by atoms with E-state index in [1.54, 1.807) is 0 Å². The zero-order chi connectivity index (χ0) is 12.4. The van der Waals surface area contributed by atoms with Gasteiger partial charge in [0.2, 0.25) is 0 Å². The van der Waals surface area contributed by atoms with Crippen molar-refractivity contribution < 1.29 is 4.52 Å². The molecule has 2 N–H and O–H groups in total. The second kappa shape index (κ2) is 4.37. The Hall–Kier alpha value is -2.55. The summed E-state index contributed by atoms with van der Waals surface area (Å²) in [5, 5.41) is 3.68. The highest BCUT2D eigenvalue weighted by molar-refractivity contribution is 5.73. The monoisotopic (exact) mass is 236 g/mol. The number of hydrogen-bond acceptors (Lipinski definition) is 3. The highest BCUT2D eigenvalue weighted by Gasteiger charge is 2.07. The van der Waals surface area contributed by atoms with Gasteiger partial charge in [-0.1, -0.05) is 59.8 Å². The maximum Gasteiger partial charge on any atom is 0.189 e. The standard InChI is InChI=1S/C15H12N2O/c16-14-10-17-18-15(14)13-8-6-12(7-9-13)11-4-2-1-3-5-11/h1-10H,16H2. The van der Waals surface area contributed by atoms with Crippen LogP contribution in [0.4, 0.5) is 5.69 Å². The minimum absolute atomic E-state index is 0.558. The van der Waals surface area contributed by atoms with Crippen LogP contribution in [0.15, 0.2) is 65.3 Å². The normalized spacial score (nSPS) is 10.4. The lowest BCUT2D eigenvalue weighted by Crippen LogP contribution is -1.84. The molecule has 0 saturated heterocycles. The average Bonchev–Trinajstić information content (AvgIpc) is 2.86. The van der Waals surface area contributed by atoms with E-state index in [0.29, 0.717) is 11.4 Å². The molecule has 0 radical (unpaired) electrons. The predicted molar refractivity (Wildman–Crippen MR) is 71.8 cm³/mol. The Kier molecular flexibility index (Phi) is 2.57. The first kappa shape index (κ1) is 10.6. The van der Waals surface area contributed by atoms with E-state index in [1.165, 1.54) is 11.8 Å². The molecule has 0 amide bonds. The highest BCUT2D eigenvalue weighted by Crippen LogP contribution is 2.27. The van der Waals surface area contributed by atoms with Gasteiger partial charge in [0, 0.05) is 5.56 Å². The summed E-state index contributed by atoms with van der Waals surface area (Å²) in [4.78, 5) is 0. The van der Waals surface area contributed by atoms with Gasteiger partial charge in [-0.2, -0.15) is 0 Å². The molecule has 0 saturated carbocycles. The van der Waals surface area contributed by atoms with Crippen molar-refractivity contribution in [1.82, 2.24) is 5.16 Å². The molecule has 0 fully saturated rings. The number of rotatable bonds is 2. The van der Waals surface area contributed by atoms with Gasteiger partial charge in [-0.25, -0.2) is 0 Å². The van der Waals surface area contributed by atoms with E-state index >= 15 is 0 Å². The van der Waals surface area contributed by atoms with Gasteiger partial charge in [0.1, 0.15) is 5.69 Å². The SMILES string of the molecule is Nc1cnoc1-c1ccc(-c2ccccc2)cc1. The molecule has 3 aromatic rings. The first-order valence-corrected chi connectivity index (χ1v) is 5.70. The summed E-state index contributed by atoms with van der Waals surface area (Å²) < 4.78 is 5.12. The van der Waals surface area contributed by atoms with Crippen LogP contribution >= 0.6 is 0 Å². The molecule has 88 valence electrons. The summed E-state index contributed by atoms with van der Waals surface area (Å²) in [5.74, 6) is 0.620. The fourth-order valence-corrected chi connectivity index (χ4v) is 1.91. The number of hydrogen-bond donors (Lipinski definition) is 1. The summed E-state index contributed by atoms with van der Waals surface area (Å²) in [5.41, 5.74) is 9.61. The molecule has 1 heterocycles. The zero-order valence-corrected chi connectivity index (χ0v) is 9.71. The van der Waals surface area contributed by atoms with Gasteiger partial charge < -0.3 is 10.3 Å². The Bertz CT molecular complexity index is 642. The topological polar surface area (TPSA) is 52.0 Å². The largest absolute Gasteiger partial charge is 0.394 e. The summed E-state index contributed by atoms with van der Waals surface area (Å²) in [6.07, 6.45) is 1.51. The van der Waals surface area contributed by atoms with Crippen LogP contribution in [0.3, 0.4) is 0 Å². The van der Waals surface area contributed by atoms with E-state index in [1.807, 2.05) is 42.5 Å². The van der Waals surface area contributed by atoms with E-state index in [9.17, 15) is 0 Å². The quantitative estimate of drug-likeness (QED) is 0.739. The van der Waals surface area contributed by atoms with Crippen LogP contribution in [0, 0.1) is 0 Å². The minimum Gasteiger partial charge on any atom is -0.394 e. The Morgan fingerprint density at radius 1 is 0.778 bits per heavy atom. The summed E-state index contributed by atoms with van der Waals surface area (Å²) in [7, 11) is 0. The Balaban J connectivity index is 1.97. The number of anilines is 1. The molecule has 0 bridgehead atoms. The number of benzene rings is 2. The molecule has 0 unspecified atom stereocenters. The average molecular weight is 236 g/mol. The van der Waals surface area contributed by atoms with Crippen molar-refractivity contribution in [3.05, 3.63) is 60.8 Å². The van der Waals surface area contributed by atoms with Crippen molar-refractivity contribution in [2.75, 3.05) is 5.73 Å². The number of nitrogens with two attached hydrogens (primary N) is 1. The van der Waals surface area contributed by atoms with E-state index < -0.39 is 0 Å². The summed E-state index contributed by atoms with van der Waals surface area (Å²) in [6, 6.07) is 18.3. The predicted octanol–water partition coefficient (Wildman–Crippen LogP) is 3.59. The van der Waals surface area contributed by atoms with Crippen LogP contribution in [0.2, 0.25) is 0 Å². The van der Waals surface area contributed by atoms with Crippen molar-refractivity contribution in [3.63, 3.8) is 0 Å². The maximum atomic E-state index is 5.77. The van der Waals surface area contributed by atoms with Gasteiger partial charge in [0.15, 0.2) is 5.76 Å². The minimum atomic E-state index is 0.558. The molecule has 0 atom stereocenters. The third-order valence-corrected chi connectivity index (χ3v) is 2.85. The fourth-order valence-electron chi connectivity index (χ4n) is 1.91. The van der Waals surface area contributed by atoms with Crippen LogP contribution in [0.5, 0.6) is 0 Å². The first-order chi connectivity index (χ1) is 8.84. The fraction of sp³-hybridized carbons (Fsp3) is 0. The number of aromatic nitrogens is 1. The smallest absolute Gasteiger partial charge is 0.189 e. The van der Waals surface area contributed by atoms with Crippen LogP contribution in [-0.2, 0) is 0 Å². The molecule has 0 spiro atoms. The summed E-state index contributed by atoms with van der Waals surface area (Å²) >= 11 is 0. The van der Waals surface area contributed by atoms with E-state index in [2.05, 4.69) is 17.3 Å². The maximum absolute atomic E-state index is 5.77. The molecule has 18 heavy (non-hydrogen) atoms. The molecule has 0 aliphatic carbocycles. The Labute approximate surface area is 105 Å². The van der Waals surface area contributed by atoms with Crippen molar-refractivity contribution in [2.24, 2.45) is 0 Å². The molecule has 3 heteroatoms. The molecule has 0 aliphatic rings. The van der Waals surface area contributed by atoms with E-state index in [4.69, 9.17) is 10.3 Å². The van der Waals surface area contributed by atoms with Crippen LogP contribution in [0.1, 0.15) is 0 Å². The molecule has 3 rings (SSSR count). The Morgan fingerprint density at radius 3 is 2.00 bits per heavy atom. The van der Waals surface area contributed by atoms with Crippen molar-refractivity contribution in [2.45, 2.75) is 0 Å². The molecular formula is C15H12N2O. The molecule has 1 aromatic heterocycles. The van der Waals surface area contributed by atoms with E-state index in [-0.39, 0.29) is 0 Å². The van der Waals surface area contributed by atoms with Gasteiger partial charge in [-0.3, -0.25) is 0 Å². The number of nitrogen functional groups attached to an aromatic ring is 1. The van der Waals surface area contributed by atoms with Gasteiger partial charge in [0.25, 0.3) is 0 Å². The van der Waals surface area contributed by atoms with Crippen molar-refractivity contribution >= 4 is 5.69 Å². The van der Waals surface area contributed by atoms with Crippen LogP contribution in [-0.4, -0.2) is 5.16 Å². The lowest BCUT2D eigenvalue weighted by atomic mass is 10.0. The summed E-state index contributed by atoms with van der Waals surface area (Å²) in [6.45, 7) is 0. The Morgan fingerprint density at radius 2 is 1.39 bits per heavy atom. The second-order valence-electron chi connectivity index (χ2n) is 4.05. The molecular weight excluding hydrogens is 224 g/mol. The first-order valence-electron chi connectivity index (χ1n) is 5.70. The number of nitrogens with zero attached hydrogens (tertiary/aromatic N) is 1. The van der Waals surface area contributed by atoms with Gasteiger partial charge in [-0.05, 0) is 11.1 Å². The zero-order valence-electron chi connectivity index (χ0n) is 9.71.